The summed E-state index contributed by atoms with van der Waals surface area (Å²) in [5.41, 5.74) is 2.77. The van der Waals surface area contributed by atoms with Gasteiger partial charge in [-0.15, -0.1) is 0 Å². The van der Waals surface area contributed by atoms with Gasteiger partial charge in [-0.2, -0.15) is 5.10 Å². The molecule has 0 radical (unpaired) electrons. The van der Waals surface area contributed by atoms with E-state index < -0.39 is 0 Å². The summed E-state index contributed by atoms with van der Waals surface area (Å²) in [4.78, 5) is 0. The lowest BCUT2D eigenvalue weighted by atomic mass is 9.76. The topological polar surface area (TPSA) is 39.1 Å². The van der Waals surface area contributed by atoms with Crippen LogP contribution in [0, 0.1) is 5.41 Å². The van der Waals surface area contributed by atoms with Gasteiger partial charge in [-0.3, -0.25) is 4.68 Å². The lowest BCUT2D eigenvalue weighted by Crippen LogP contribution is -2.39. The maximum absolute atomic E-state index is 5.57. The van der Waals surface area contributed by atoms with Gasteiger partial charge in [0.25, 0.3) is 0 Å². The first-order chi connectivity index (χ1) is 10.3. The van der Waals surface area contributed by atoms with Crippen LogP contribution < -0.4 is 5.32 Å². The highest BCUT2D eigenvalue weighted by atomic mass is 16.5. The Morgan fingerprint density at radius 3 is 2.76 bits per heavy atom. The van der Waals surface area contributed by atoms with Crippen LogP contribution in [-0.2, 0) is 17.7 Å². The number of ether oxygens (including phenoxy) is 1. The number of rotatable bonds is 5. The molecule has 0 amide bonds. The van der Waals surface area contributed by atoms with Crippen molar-refractivity contribution < 1.29 is 4.74 Å². The first kappa shape index (κ1) is 14.5. The molecule has 1 saturated heterocycles. The van der Waals surface area contributed by atoms with Gasteiger partial charge >= 0.3 is 0 Å². The zero-order valence-electron chi connectivity index (χ0n) is 13.1. The van der Waals surface area contributed by atoms with Gasteiger partial charge in [-0.25, -0.2) is 0 Å². The van der Waals surface area contributed by atoms with Crippen molar-refractivity contribution in [3.8, 4) is 0 Å². The second-order valence-electron chi connectivity index (χ2n) is 6.10. The predicted molar refractivity (Wildman–Crippen MR) is 85.5 cm³/mol. The van der Waals surface area contributed by atoms with Crippen LogP contribution in [0.2, 0.25) is 0 Å². The van der Waals surface area contributed by atoms with Crippen molar-refractivity contribution in [1.29, 1.82) is 0 Å². The van der Waals surface area contributed by atoms with Crippen molar-refractivity contribution in [1.82, 2.24) is 15.1 Å². The number of nitrogens with zero attached hydrogens (tertiary/aromatic N) is 2. The number of para-hydroxylation sites is 1. The molecule has 1 fully saturated rings. The van der Waals surface area contributed by atoms with Crippen molar-refractivity contribution in [2.24, 2.45) is 5.41 Å². The van der Waals surface area contributed by atoms with Crippen molar-refractivity contribution in [3.63, 3.8) is 0 Å². The Bertz CT molecular complexity index is 594. The third-order valence-corrected chi connectivity index (χ3v) is 4.68. The quantitative estimate of drug-likeness (QED) is 0.919. The summed E-state index contributed by atoms with van der Waals surface area (Å²) in [5.74, 6) is 0. The van der Waals surface area contributed by atoms with E-state index in [4.69, 9.17) is 9.84 Å². The molecule has 21 heavy (non-hydrogen) atoms. The van der Waals surface area contributed by atoms with E-state index in [0.717, 1.165) is 45.6 Å². The minimum Gasteiger partial charge on any atom is -0.381 e. The first-order valence-corrected chi connectivity index (χ1v) is 7.95. The molecular formula is C17H25N3O. The van der Waals surface area contributed by atoms with Crippen LogP contribution in [0.25, 0.3) is 10.9 Å². The summed E-state index contributed by atoms with van der Waals surface area (Å²) in [6.07, 6.45) is 3.26. The number of aromatic nitrogens is 2. The molecule has 2 aromatic rings. The lowest BCUT2D eigenvalue weighted by Gasteiger charge is -2.36. The Morgan fingerprint density at radius 1 is 1.29 bits per heavy atom. The molecular weight excluding hydrogens is 262 g/mol. The Balaban J connectivity index is 1.96. The van der Waals surface area contributed by atoms with E-state index in [-0.39, 0.29) is 5.41 Å². The summed E-state index contributed by atoms with van der Waals surface area (Å²) in [6, 6.07) is 8.58. The van der Waals surface area contributed by atoms with Crippen LogP contribution in [0.15, 0.2) is 24.3 Å². The van der Waals surface area contributed by atoms with Crippen LogP contribution in [0.3, 0.4) is 0 Å². The van der Waals surface area contributed by atoms with Gasteiger partial charge in [0.15, 0.2) is 0 Å². The summed E-state index contributed by atoms with van der Waals surface area (Å²) >= 11 is 0. The van der Waals surface area contributed by atoms with E-state index >= 15 is 0 Å². The zero-order valence-corrected chi connectivity index (χ0v) is 13.1. The van der Waals surface area contributed by atoms with E-state index in [1.807, 2.05) is 7.05 Å². The number of nitrogens with one attached hydrogen (secondary N) is 1. The van der Waals surface area contributed by atoms with Crippen LogP contribution in [-0.4, -0.2) is 36.6 Å². The Kier molecular flexibility index (Phi) is 4.27. The lowest BCUT2D eigenvalue weighted by molar-refractivity contribution is 0.0154. The molecule has 1 N–H and O–H groups in total. The molecule has 114 valence electrons. The summed E-state index contributed by atoms with van der Waals surface area (Å²) < 4.78 is 7.69. The zero-order chi connectivity index (χ0) is 14.7. The molecule has 0 atom stereocenters. The maximum Gasteiger partial charge on any atom is 0.0709 e. The predicted octanol–water partition coefficient (Wildman–Crippen LogP) is 2.61. The highest BCUT2D eigenvalue weighted by Gasteiger charge is 2.33. The minimum absolute atomic E-state index is 0.280. The van der Waals surface area contributed by atoms with Gasteiger partial charge in [0.2, 0.25) is 0 Å². The molecule has 1 aliphatic rings. The second kappa shape index (κ2) is 6.16. The van der Waals surface area contributed by atoms with Gasteiger partial charge in [-0.1, -0.05) is 18.2 Å². The molecule has 0 spiro atoms. The number of hydrogen-bond donors (Lipinski definition) is 1. The molecule has 1 aromatic heterocycles. The highest BCUT2D eigenvalue weighted by molar-refractivity contribution is 5.82. The van der Waals surface area contributed by atoms with Crippen molar-refractivity contribution in [2.45, 2.75) is 32.7 Å². The summed E-state index contributed by atoms with van der Waals surface area (Å²) in [6.45, 7) is 5.84. The van der Waals surface area contributed by atoms with Crippen molar-refractivity contribution in [3.05, 3.63) is 30.0 Å². The van der Waals surface area contributed by atoms with Crippen molar-refractivity contribution >= 4 is 10.9 Å². The highest BCUT2D eigenvalue weighted by Crippen LogP contribution is 2.35. The molecule has 3 rings (SSSR count). The molecule has 0 aliphatic carbocycles. The van der Waals surface area contributed by atoms with Crippen LogP contribution in [0.5, 0.6) is 0 Å². The Labute approximate surface area is 126 Å². The number of benzene rings is 1. The van der Waals surface area contributed by atoms with E-state index in [9.17, 15) is 0 Å². The molecule has 0 unspecified atom stereocenters. The van der Waals surface area contributed by atoms with Gasteiger partial charge in [-0.05, 0) is 44.7 Å². The summed E-state index contributed by atoms with van der Waals surface area (Å²) in [5, 5.41) is 9.56. The monoisotopic (exact) mass is 287 g/mol. The standard InChI is InChI=1S/C17H25N3O/c1-3-20-16-7-5-4-6-14(16)15(19-20)12-17(13-18-2)8-10-21-11-9-17/h4-7,18H,3,8-13H2,1-2H3. The molecule has 0 bridgehead atoms. The third-order valence-electron chi connectivity index (χ3n) is 4.68. The van der Waals surface area contributed by atoms with Gasteiger partial charge in [0.1, 0.15) is 0 Å². The smallest absolute Gasteiger partial charge is 0.0709 e. The normalized spacial score (nSPS) is 18.2. The van der Waals surface area contributed by atoms with E-state index in [1.165, 1.54) is 16.6 Å². The fraction of sp³-hybridized carbons (Fsp3) is 0.588. The van der Waals surface area contributed by atoms with Crippen LogP contribution >= 0.6 is 0 Å². The van der Waals surface area contributed by atoms with E-state index in [2.05, 4.69) is 41.2 Å². The molecule has 4 heteroatoms. The average molecular weight is 287 g/mol. The van der Waals surface area contributed by atoms with Crippen LogP contribution in [0.4, 0.5) is 0 Å². The Morgan fingerprint density at radius 2 is 2.05 bits per heavy atom. The summed E-state index contributed by atoms with van der Waals surface area (Å²) in [7, 11) is 2.04. The fourth-order valence-electron chi connectivity index (χ4n) is 3.52. The number of aryl methyl sites for hydroxylation is 1. The van der Waals surface area contributed by atoms with Gasteiger partial charge in [0, 0.05) is 31.7 Å². The molecule has 2 heterocycles. The minimum atomic E-state index is 0.280. The molecule has 1 aliphatic heterocycles. The molecule has 1 aromatic carbocycles. The average Bonchev–Trinajstić information content (AvgIpc) is 2.86. The first-order valence-electron chi connectivity index (χ1n) is 7.95. The molecule has 4 nitrogen and oxygen atoms in total. The maximum atomic E-state index is 5.57. The molecule has 0 saturated carbocycles. The largest absolute Gasteiger partial charge is 0.381 e. The Hall–Kier alpha value is -1.39. The van der Waals surface area contributed by atoms with Gasteiger partial charge in [0.05, 0.1) is 11.2 Å². The van der Waals surface area contributed by atoms with E-state index in [1.54, 1.807) is 0 Å². The van der Waals surface area contributed by atoms with Crippen LogP contribution in [0.1, 0.15) is 25.5 Å². The van der Waals surface area contributed by atoms with E-state index in [0.29, 0.717) is 0 Å². The third kappa shape index (κ3) is 2.83. The van der Waals surface area contributed by atoms with Crippen molar-refractivity contribution in [2.75, 3.05) is 26.8 Å². The number of hydrogen-bond acceptors (Lipinski definition) is 3. The fourth-order valence-corrected chi connectivity index (χ4v) is 3.52. The van der Waals surface area contributed by atoms with Gasteiger partial charge < -0.3 is 10.1 Å². The SMILES string of the molecule is CCn1nc(CC2(CNC)CCOCC2)c2ccccc21. The second-order valence-corrected chi connectivity index (χ2v) is 6.10. The number of fused-ring (bicyclic) bond motifs is 1.